The van der Waals surface area contributed by atoms with Crippen LogP contribution in [-0.2, 0) is 11.3 Å². The van der Waals surface area contributed by atoms with E-state index >= 15 is 0 Å². The molecule has 2 aromatic carbocycles. The van der Waals surface area contributed by atoms with Gasteiger partial charge < -0.3 is 20.7 Å². The van der Waals surface area contributed by atoms with E-state index in [0.29, 0.717) is 41.3 Å². The van der Waals surface area contributed by atoms with Gasteiger partial charge in [-0.2, -0.15) is 5.26 Å². The zero-order valence-corrected chi connectivity index (χ0v) is 21.7. The molecule has 0 radical (unpaired) electrons. The summed E-state index contributed by atoms with van der Waals surface area (Å²) in [5.41, 5.74) is 7.38. The molecule has 0 saturated carbocycles. The van der Waals surface area contributed by atoms with Crippen molar-refractivity contribution in [3.63, 3.8) is 0 Å². The molecule has 6 rings (SSSR count). The average molecular weight is 537 g/mol. The molecule has 0 aliphatic carbocycles. The number of amides is 1. The number of fused-ring (bicyclic) bond motifs is 1. The van der Waals surface area contributed by atoms with Crippen molar-refractivity contribution in [2.24, 2.45) is 0 Å². The van der Waals surface area contributed by atoms with Crippen LogP contribution in [0.15, 0.2) is 77.4 Å². The Kier molecular flexibility index (Phi) is 6.76. The third-order valence-corrected chi connectivity index (χ3v) is 7.42. The highest BCUT2D eigenvalue weighted by Gasteiger charge is 2.35. The van der Waals surface area contributed by atoms with Crippen LogP contribution in [0.5, 0.6) is 11.5 Å². The lowest BCUT2D eigenvalue weighted by Crippen LogP contribution is -2.54. The first-order valence-corrected chi connectivity index (χ1v) is 13.2. The molecule has 2 atom stereocenters. The largest absolute Gasteiger partial charge is 0.457 e. The van der Waals surface area contributed by atoms with Crippen LogP contribution < -0.4 is 21.5 Å². The molecule has 4 aromatic rings. The number of nitrogens with two attached hydrogens (primary N) is 1. The number of carbonyl (C=O) groups excluding carboxylic acids is 1. The number of anilines is 1. The van der Waals surface area contributed by atoms with Gasteiger partial charge in [-0.3, -0.25) is 13.9 Å². The van der Waals surface area contributed by atoms with Gasteiger partial charge in [0.1, 0.15) is 35.0 Å². The molecular formula is C29H28N8O3. The van der Waals surface area contributed by atoms with Crippen molar-refractivity contribution in [3.8, 4) is 23.3 Å². The fraction of sp³-hybridized carbons (Fsp3) is 0.276. The first-order valence-electron chi connectivity index (χ1n) is 13.2. The molecule has 2 fully saturated rings. The quantitative estimate of drug-likeness (QED) is 0.271. The maximum Gasteiger partial charge on any atom is 0.335 e. The Labute approximate surface area is 230 Å². The summed E-state index contributed by atoms with van der Waals surface area (Å²) in [5, 5.41) is 12.9. The predicted octanol–water partition coefficient (Wildman–Crippen LogP) is 2.76. The second-order valence-electron chi connectivity index (χ2n) is 9.90. The molecule has 0 bridgehead atoms. The van der Waals surface area contributed by atoms with Gasteiger partial charge in [0, 0.05) is 19.1 Å². The van der Waals surface area contributed by atoms with E-state index in [1.807, 2.05) is 30.3 Å². The van der Waals surface area contributed by atoms with Crippen LogP contribution >= 0.6 is 0 Å². The summed E-state index contributed by atoms with van der Waals surface area (Å²) in [7, 11) is 0. The summed E-state index contributed by atoms with van der Waals surface area (Å²) >= 11 is 0. The van der Waals surface area contributed by atoms with Gasteiger partial charge >= 0.3 is 5.69 Å². The minimum atomic E-state index is -0.343. The van der Waals surface area contributed by atoms with Crippen molar-refractivity contribution in [2.75, 3.05) is 18.8 Å². The van der Waals surface area contributed by atoms with Crippen LogP contribution in [0.25, 0.3) is 16.9 Å². The minimum absolute atomic E-state index is 0.0306. The van der Waals surface area contributed by atoms with Gasteiger partial charge in [-0.15, -0.1) is 0 Å². The number of rotatable bonds is 7. The molecule has 11 nitrogen and oxygen atoms in total. The topological polar surface area (TPSA) is 144 Å². The molecule has 2 unspecified atom stereocenters. The average Bonchev–Trinajstić information content (AvgIpc) is 3.57. The number of nitrogens with one attached hydrogen (secondary N) is 1. The van der Waals surface area contributed by atoms with Gasteiger partial charge in [-0.05, 0) is 68.3 Å². The number of para-hydroxylation sites is 1. The summed E-state index contributed by atoms with van der Waals surface area (Å²) in [6, 6.07) is 18.4. The van der Waals surface area contributed by atoms with E-state index in [0.717, 1.165) is 19.4 Å². The number of nitrogens with zero attached hydrogens (tertiary/aromatic N) is 6. The van der Waals surface area contributed by atoms with Gasteiger partial charge in [0.05, 0.1) is 11.7 Å². The maximum absolute atomic E-state index is 13.8. The Hall–Kier alpha value is -4.95. The van der Waals surface area contributed by atoms with Crippen LogP contribution in [0.4, 0.5) is 5.82 Å². The van der Waals surface area contributed by atoms with E-state index in [4.69, 9.17) is 10.5 Å². The molecule has 4 heterocycles. The number of ether oxygens (including phenoxy) is 1. The van der Waals surface area contributed by atoms with Gasteiger partial charge in [0.2, 0.25) is 0 Å². The number of likely N-dealkylation sites (tertiary alicyclic amines) is 1. The number of carbonyl (C=O) groups is 1. The van der Waals surface area contributed by atoms with Crippen LogP contribution in [0.1, 0.15) is 19.3 Å². The van der Waals surface area contributed by atoms with E-state index < -0.39 is 0 Å². The molecule has 2 aromatic heterocycles. The highest BCUT2D eigenvalue weighted by Crippen LogP contribution is 2.27. The molecule has 0 spiro atoms. The normalized spacial score (nSPS) is 18.9. The molecule has 40 heavy (non-hydrogen) atoms. The standard InChI is InChI=1S/C29H28N8O3/c30-16-19(15-20-5-4-13-32-20)28(38)35-14-12-22(35)17-36-27-25(26(31)33-18-34-27)37(29(36)39)21-8-10-24(11-9-21)40-23-6-2-1-3-7-23/h1-3,6-11,15,18,20,22,32H,4-5,12-14,17H2,(H2,31,33,34)/b19-15+. The van der Waals surface area contributed by atoms with Gasteiger partial charge in [0.15, 0.2) is 11.5 Å². The van der Waals surface area contributed by atoms with Crippen molar-refractivity contribution >= 4 is 22.9 Å². The zero-order chi connectivity index (χ0) is 27.6. The van der Waals surface area contributed by atoms with Crippen LogP contribution in [0.3, 0.4) is 0 Å². The Bertz CT molecular complexity index is 1680. The van der Waals surface area contributed by atoms with E-state index in [9.17, 15) is 14.9 Å². The first-order chi connectivity index (χ1) is 19.5. The van der Waals surface area contributed by atoms with Gasteiger partial charge in [-0.25, -0.2) is 14.8 Å². The number of aromatic nitrogens is 4. The third kappa shape index (κ3) is 4.69. The summed E-state index contributed by atoms with van der Waals surface area (Å²) in [5.74, 6) is 1.18. The summed E-state index contributed by atoms with van der Waals surface area (Å²) in [4.78, 5) is 37.1. The second kappa shape index (κ2) is 10.7. The third-order valence-electron chi connectivity index (χ3n) is 7.42. The molecular weight excluding hydrogens is 508 g/mol. The molecule has 11 heteroatoms. The number of imidazole rings is 1. The molecule has 2 aliphatic rings. The summed E-state index contributed by atoms with van der Waals surface area (Å²) in [6.07, 6.45) is 5.67. The second-order valence-corrected chi connectivity index (χ2v) is 9.90. The first kappa shape index (κ1) is 25.3. The van der Waals surface area contributed by atoms with Gasteiger partial charge in [-0.1, -0.05) is 18.2 Å². The maximum atomic E-state index is 13.8. The Morgan fingerprint density at radius 3 is 2.58 bits per heavy atom. The highest BCUT2D eigenvalue weighted by atomic mass is 16.5. The van der Waals surface area contributed by atoms with Crippen molar-refractivity contribution in [3.05, 3.63) is 83.1 Å². The monoisotopic (exact) mass is 536 g/mol. The number of hydrogen-bond donors (Lipinski definition) is 2. The number of nitriles is 1. The van der Waals surface area contributed by atoms with E-state index in [-0.39, 0.29) is 41.6 Å². The lowest BCUT2D eigenvalue weighted by atomic mass is 10.0. The van der Waals surface area contributed by atoms with Crippen molar-refractivity contribution in [2.45, 2.75) is 37.9 Å². The smallest absolute Gasteiger partial charge is 0.335 e. The lowest BCUT2D eigenvalue weighted by molar-refractivity contribution is -0.134. The Balaban J connectivity index is 1.29. The lowest BCUT2D eigenvalue weighted by Gasteiger charge is -2.41. The fourth-order valence-electron chi connectivity index (χ4n) is 5.27. The van der Waals surface area contributed by atoms with Crippen molar-refractivity contribution in [1.82, 2.24) is 29.3 Å². The van der Waals surface area contributed by atoms with E-state index in [2.05, 4.69) is 21.4 Å². The Morgan fingerprint density at radius 2 is 1.90 bits per heavy atom. The summed E-state index contributed by atoms with van der Waals surface area (Å²) < 4.78 is 8.89. The van der Waals surface area contributed by atoms with Crippen LogP contribution in [0, 0.1) is 11.3 Å². The highest BCUT2D eigenvalue weighted by molar-refractivity contribution is 5.98. The molecule has 1 amide bonds. The summed E-state index contributed by atoms with van der Waals surface area (Å²) in [6.45, 7) is 1.62. The van der Waals surface area contributed by atoms with E-state index in [1.165, 1.54) is 15.5 Å². The van der Waals surface area contributed by atoms with Crippen LogP contribution in [0.2, 0.25) is 0 Å². The number of hydrogen-bond acceptors (Lipinski definition) is 8. The fourth-order valence-corrected chi connectivity index (χ4v) is 5.27. The van der Waals surface area contributed by atoms with Crippen LogP contribution in [-0.4, -0.2) is 55.1 Å². The van der Waals surface area contributed by atoms with Crippen molar-refractivity contribution < 1.29 is 9.53 Å². The molecule has 202 valence electrons. The number of nitrogen functional groups attached to an aromatic ring is 1. The molecule has 2 saturated heterocycles. The van der Waals surface area contributed by atoms with Gasteiger partial charge in [0.25, 0.3) is 5.91 Å². The molecule has 3 N–H and O–H groups in total. The Morgan fingerprint density at radius 1 is 1.12 bits per heavy atom. The molecule has 2 aliphatic heterocycles. The van der Waals surface area contributed by atoms with E-state index in [1.54, 1.807) is 35.2 Å². The van der Waals surface area contributed by atoms with Crippen molar-refractivity contribution in [1.29, 1.82) is 5.26 Å². The minimum Gasteiger partial charge on any atom is -0.457 e. The zero-order valence-electron chi connectivity index (χ0n) is 21.7. The SMILES string of the molecule is N#C/C(=C\C1CCCN1)C(=O)N1CCC1Cn1c(=O)n(-c2ccc(Oc3ccccc3)cc2)c2c(N)ncnc21. The number of benzene rings is 2. The predicted molar refractivity (Wildman–Crippen MR) is 149 cm³/mol.